The molecule has 0 fully saturated rings. The number of hydrogen-bond acceptors (Lipinski definition) is 5. The van der Waals surface area contributed by atoms with Crippen molar-refractivity contribution in [3.05, 3.63) is 24.3 Å². The third-order valence-electron chi connectivity index (χ3n) is 15.5. The summed E-state index contributed by atoms with van der Waals surface area (Å²) in [6, 6.07) is -0.628. The van der Waals surface area contributed by atoms with Crippen molar-refractivity contribution in [1.82, 2.24) is 5.32 Å². The third-order valence-corrected chi connectivity index (χ3v) is 15.5. The Morgan fingerprint density at radius 3 is 0.973 bits per heavy atom. The van der Waals surface area contributed by atoms with E-state index in [-0.39, 0.29) is 18.5 Å². The largest absolute Gasteiger partial charge is 0.466 e. The Morgan fingerprint density at radius 2 is 0.644 bits per heavy atom. The van der Waals surface area contributed by atoms with Gasteiger partial charge in [0.05, 0.1) is 25.4 Å². The number of amides is 1. The zero-order valence-corrected chi connectivity index (χ0v) is 49.4. The van der Waals surface area contributed by atoms with Crippen molar-refractivity contribution < 1.29 is 24.5 Å². The number of carbonyl (C=O) groups is 2. The predicted molar refractivity (Wildman–Crippen MR) is 320 cm³/mol. The van der Waals surface area contributed by atoms with Crippen LogP contribution in [-0.2, 0) is 14.3 Å². The van der Waals surface area contributed by atoms with Gasteiger partial charge in [0.1, 0.15) is 0 Å². The van der Waals surface area contributed by atoms with Crippen LogP contribution in [0.15, 0.2) is 24.3 Å². The molecule has 2 unspecified atom stereocenters. The molecule has 2 atom stereocenters. The first-order valence-corrected chi connectivity index (χ1v) is 33.1. The van der Waals surface area contributed by atoms with Crippen molar-refractivity contribution in [3.63, 3.8) is 0 Å². The summed E-state index contributed by atoms with van der Waals surface area (Å²) in [7, 11) is 0. The van der Waals surface area contributed by atoms with Crippen molar-refractivity contribution >= 4 is 11.9 Å². The maximum absolute atomic E-state index is 12.5. The highest BCUT2D eigenvalue weighted by molar-refractivity contribution is 5.76. The zero-order chi connectivity index (χ0) is 52.9. The summed E-state index contributed by atoms with van der Waals surface area (Å²) in [5.74, 6) is -0.0496. The van der Waals surface area contributed by atoms with E-state index in [9.17, 15) is 19.8 Å². The van der Waals surface area contributed by atoms with E-state index in [0.29, 0.717) is 19.4 Å². The van der Waals surface area contributed by atoms with Crippen LogP contribution < -0.4 is 5.32 Å². The smallest absolute Gasteiger partial charge is 0.305 e. The second-order valence-electron chi connectivity index (χ2n) is 22.8. The molecule has 0 bridgehead atoms. The quantitative estimate of drug-likeness (QED) is 0.0320. The number of allylic oxidation sites excluding steroid dienone is 3. The van der Waals surface area contributed by atoms with Gasteiger partial charge in [-0.25, -0.2) is 0 Å². The van der Waals surface area contributed by atoms with Crippen molar-refractivity contribution in [2.45, 2.75) is 379 Å². The molecule has 0 aliphatic carbocycles. The first-order valence-electron chi connectivity index (χ1n) is 33.1. The second kappa shape index (κ2) is 62.9. The molecule has 0 saturated heterocycles. The lowest BCUT2D eigenvalue weighted by Gasteiger charge is -2.20. The van der Waals surface area contributed by atoms with Gasteiger partial charge in [-0.05, 0) is 57.8 Å². The number of ether oxygens (including phenoxy) is 1. The number of carbonyl (C=O) groups excluding carboxylic acids is 2. The Labute approximate surface area is 456 Å². The average Bonchev–Trinajstić information content (AvgIpc) is 3.39. The van der Waals surface area contributed by atoms with E-state index in [1.54, 1.807) is 6.08 Å². The number of unbranched alkanes of at least 4 members (excludes halogenated alkanes) is 49. The summed E-state index contributed by atoms with van der Waals surface area (Å²) < 4.78 is 5.47. The number of aliphatic hydroxyl groups is 2. The van der Waals surface area contributed by atoms with Crippen LogP contribution in [0.3, 0.4) is 0 Å². The highest BCUT2D eigenvalue weighted by Crippen LogP contribution is 2.18. The van der Waals surface area contributed by atoms with Crippen LogP contribution in [0, 0.1) is 0 Å². The highest BCUT2D eigenvalue weighted by Gasteiger charge is 2.18. The Balaban J connectivity index is 3.40. The van der Waals surface area contributed by atoms with Crippen molar-refractivity contribution in [2.24, 2.45) is 0 Å². The monoisotopic (exact) mass is 1030 g/mol. The summed E-state index contributed by atoms with van der Waals surface area (Å²) in [6.45, 7) is 4.93. The third kappa shape index (κ3) is 59.4. The van der Waals surface area contributed by atoms with Crippen LogP contribution in [0.5, 0.6) is 0 Å². The first kappa shape index (κ1) is 71.3. The van der Waals surface area contributed by atoms with Gasteiger partial charge in [0.2, 0.25) is 5.91 Å². The molecule has 0 saturated carbocycles. The van der Waals surface area contributed by atoms with Gasteiger partial charge in [-0.3, -0.25) is 9.59 Å². The minimum absolute atomic E-state index is 0.0155. The minimum Gasteiger partial charge on any atom is -0.466 e. The first-order chi connectivity index (χ1) is 36.0. The summed E-state index contributed by atoms with van der Waals surface area (Å²) >= 11 is 0. The van der Waals surface area contributed by atoms with E-state index in [4.69, 9.17) is 4.74 Å². The van der Waals surface area contributed by atoms with Gasteiger partial charge in [-0.15, -0.1) is 0 Å². The predicted octanol–water partition coefficient (Wildman–Crippen LogP) is 21.0. The molecule has 0 radical (unpaired) electrons. The molecule has 6 heteroatoms. The second-order valence-corrected chi connectivity index (χ2v) is 22.8. The van der Waals surface area contributed by atoms with Gasteiger partial charge in [0.15, 0.2) is 0 Å². The van der Waals surface area contributed by atoms with Crippen LogP contribution in [0.2, 0.25) is 0 Å². The molecule has 73 heavy (non-hydrogen) atoms. The Kier molecular flexibility index (Phi) is 61.4. The van der Waals surface area contributed by atoms with E-state index in [0.717, 1.165) is 38.5 Å². The number of aliphatic hydroxyl groups excluding tert-OH is 2. The molecule has 1 amide bonds. The van der Waals surface area contributed by atoms with Crippen LogP contribution in [-0.4, -0.2) is 47.4 Å². The standard InChI is InChI=1S/C67H129NO5/c1-3-5-7-9-11-13-15-16-17-30-33-36-40-43-47-51-55-59-65(70)64(63-69)68-66(71)60-56-52-48-44-41-37-34-31-28-26-24-22-20-18-19-21-23-25-27-29-32-35-38-42-46-50-54-58-62-73-67(72)61-57-53-49-45-39-14-12-10-8-6-4-2/h18-19,55,59,64-65,69-70H,3-17,20-54,56-58,60-63H2,1-2H3,(H,68,71)/b19-18-,59-55+. The molecule has 432 valence electrons. The fourth-order valence-corrected chi connectivity index (χ4v) is 10.4. The van der Waals surface area contributed by atoms with Crippen LogP contribution in [0.1, 0.15) is 367 Å². The normalized spacial score (nSPS) is 12.7. The van der Waals surface area contributed by atoms with Gasteiger partial charge in [0, 0.05) is 12.8 Å². The van der Waals surface area contributed by atoms with Crippen LogP contribution in [0.4, 0.5) is 0 Å². The van der Waals surface area contributed by atoms with Crippen molar-refractivity contribution in [1.29, 1.82) is 0 Å². The van der Waals surface area contributed by atoms with Gasteiger partial charge >= 0.3 is 5.97 Å². The molecule has 0 rings (SSSR count). The average molecular weight is 1030 g/mol. The molecule has 3 N–H and O–H groups in total. The lowest BCUT2D eigenvalue weighted by atomic mass is 10.0. The minimum atomic E-state index is -0.844. The van der Waals surface area contributed by atoms with Gasteiger partial charge < -0.3 is 20.3 Å². The molecular weight excluding hydrogens is 899 g/mol. The summed E-state index contributed by atoms with van der Waals surface area (Å²) in [4.78, 5) is 24.5. The molecule has 0 aliphatic heterocycles. The number of hydrogen-bond donors (Lipinski definition) is 3. The molecular formula is C67H129NO5. The van der Waals surface area contributed by atoms with E-state index < -0.39 is 12.1 Å². The molecule has 0 aromatic carbocycles. The molecule has 0 aromatic heterocycles. The van der Waals surface area contributed by atoms with Gasteiger partial charge in [-0.1, -0.05) is 321 Å². The molecule has 0 aliphatic rings. The Morgan fingerprint density at radius 1 is 0.370 bits per heavy atom. The van der Waals surface area contributed by atoms with Crippen LogP contribution >= 0.6 is 0 Å². The zero-order valence-electron chi connectivity index (χ0n) is 49.4. The molecule has 0 aromatic rings. The lowest BCUT2D eigenvalue weighted by molar-refractivity contribution is -0.143. The highest BCUT2D eigenvalue weighted by atomic mass is 16.5. The maximum atomic E-state index is 12.5. The summed E-state index contributed by atoms with van der Waals surface area (Å²) in [5.41, 5.74) is 0. The van der Waals surface area contributed by atoms with E-state index >= 15 is 0 Å². The number of nitrogens with one attached hydrogen (secondary N) is 1. The number of rotatable bonds is 62. The Bertz CT molecular complexity index is 1140. The van der Waals surface area contributed by atoms with Crippen LogP contribution in [0.25, 0.3) is 0 Å². The lowest BCUT2D eigenvalue weighted by Crippen LogP contribution is -2.45. The Hall–Kier alpha value is -1.66. The topological polar surface area (TPSA) is 95.9 Å². The van der Waals surface area contributed by atoms with Gasteiger partial charge in [0.25, 0.3) is 0 Å². The molecule has 6 nitrogen and oxygen atoms in total. The summed E-state index contributed by atoms with van der Waals surface area (Å²) in [5, 5.41) is 23.2. The molecule has 0 spiro atoms. The fraction of sp³-hybridized carbons (Fsp3) is 0.910. The summed E-state index contributed by atoms with van der Waals surface area (Å²) in [6.07, 6.45) is 78.1. The van der Waals surface area contributed by atoms with Gasteiger partial charge in [-0.2, -0.15) is 0 Å². The van der Waals surface area contributed by atoms with E-state index in [1.807, 2.05) is 6.08 Å². The molecule has 0 heterocycles. The maximum Gasteiger partial charge on any atom is 0.305 e. The number of esters is 1. The van der Waals surface area contributed by atoms with E-state index in [1.165, 1.54) is 302 Å². The van der Waals surface area contributed by atoms with Crippen molar-refractivity contribution in [3.8, 4) is 0 Å². The van der Waals surface area contributed by atoms with Crippen molar-refractivity contribution in [2.75, 3.05) is 13.2 Å². The SMILES string of the molecule is CCCCCCCCCCCCCCCCC/C=C/C(O)C(CO)NC(=O)CCCCCCCCCCCCCC/C=C\CCCCCCCCCCCCCCOC(=O)CCCCCCCCCCCCC. The fourth-order valence-electron chi connectivity index (χ4n) is 10.4. The van der Waals surface area contributed by atoms with E-state index in [2.05, 4.69) is 31.3 Å².